The highest BCUT2D eigenvalue weighted by Gasteiger charge is 2.29. The minimum absolute atomic E-state index is 0.317. The molecule has 3 heterocycles. The van der Waals surface area contributed by atoms with Gasteiger partial charge in [0, 0.05) is 25.0 Å². The second-order valence-corrected chi connectivity index (χ2v) is 5.75. The Kier molecular flexibility index (Phi) is 4.50. The van der Waals surface area contributed by atoms with Crippen molar-refractivity contribution in [3.05, 3.63) is 11.4 Å². The Balaban J connectivity index is 1.86. The van der Waals surface area contributed by atoms with E-state index in [4.69, 9.17) is 9.47 Å². The number of rotatable bonds is 4. The smallest absolute Gasteiger partial charge is 0.360 e. The summed E-state index contributed by atoms with van der Waals surface area (Å²) in [6.07, 6.45) is 3.04. The van der Waals surface area contributed by atoms with Gasteiger partial charge in [-0.3, -0.25) is 0 Å². The minimum Gasteiger partial charge on any atom is -0.464 e. The quantitative estimate of drug-likeness (QED) is 0.818. The number of nitrogens with zero attached hydrogens (tertiary/aromatic N) is 3. The number of piperidine rings is 1. The van der Waals surface area contributed by atoms with Crippen molar-refractivity contribution in [1.29, 1.82) is 0 Å². The van der Waals surface area contributed by atoms with Gasteiger partial charge in [0.1, 0.15) is 0 Å². The van der Waals surface area contributed by atoms with Gasteiger partial charge in [0.2, 0.25) is 0 Å². The Morgan fingerprint density at radius 1 is 1.43 bits per heavy atom. The van der Waals surface area contributed by atoms with Gasteiger partial charge in [0.25, 0.3) is 0 Å². The SMILES string of the molecule is COC(=O)c1nnn(CC2CCOC2)c1C1CCNCC1. The summed E-state index contributed by atoms with van der Waals surface area (Å²) < 4.78 is 12.2. The van der Waals surface area contributed by atoms with Gasteiger partial charge in [0.05, 0.1) is 19.4 Å². The molecule has 116 valence electrons. The van der Waals surface area contributed by atoms with E-state index >= 15 is 0 Å². The largest absolute Gasteiger partial charge is 0.464 e. The summed E-state index contributed by atoms with van der Waals surface area (Å²) in [4.78, 5) is 11.9. The fraction of sp³-hybridized carbons (Fsp3) is 0.786. The van der Waals surface area contributed by atoms with Crippen LogP contribution in [0, 0.1) is 5.92 Å². The number of carbonyl (C=O) groups is 1. The molecule has 0 aromatic carbocycles. The molecule has 2 saturated heterocycles. The van der Waals surface area contributed by atoms with Gasteiger partial charge in [-0.05, 0) is 32.4 Å². The highest BCUT2D eigenvalue weighted by Crippen LogP contribution is 2.28. The van der Waals surface area contributed by atoms with E-state index in [-0.39, 0.29) is 0 Å². The maximum absolute atomic E-state index is 11.9. The third-order valence-corrected chi connectivity index (χ3v) is 4.33. The van der Waals surface area contributed by atoms with Gasteiger partial charge in [-0.15, -0.1) is 5.10 Å². The first-order valence-electron chi connectivity index (χ1n) is 7.59. The summed E-state index contributed by atoms with van der Waals surface area (Å²) in [5, 5.41) is 11.6. The van der Waals surface area contributed by atoms with E-state index in [0.717, 1.165) is 57.8 Å². The normalized spacial score (nSPS) is 23.4. The molecule has 0 radical (unpaired) electrons. The van der Waals surface area contributed by atoms with Crippen molar-refractivity contribution in [3.8, 4) is 0 Å². The van der Waals surface area contributed by atoms with Crippen LogP contribution in [0.3, 0.4) is 0 Å². The van der Waals surface area contributed by atoms with Crippen LogP contribution < -0.4 is 5.32 Å². The zero-order valence-corrected chi connectivity index (χ0v) is 12.4. The second-order valence-electron chi connectivity index (χ2n) is 5.75. The lowest BCUT2D eigenvalue weighted by Gasteiger charge is -2.24. The molecule has 0 spiro atoms. The van der Waals surface area contributed by atoms with E-state index in [2.05, 4.69) is 15.6 Å². The zero-order valence-electron chi connectivity index (χ0n) is 12.4. The minimum atomic E-state index is -0.391. The first-order chi connectivity index (χ1) is 10.3. The van der Waals surface area contributed by atoms with Crippen LogP contribution in [0.15, 0.2) is 0 Å². The van der Waals surface area contributed by atoms with Gasteiger partial charge in [-0.1, -0.05) is 5.21 Å². The van der Waals surface area contributed by atoms with Gasteiger partial charge < -0.3 is 14.8 Å². The Bertz CT molecular complexity index is 490. The third-order valence-electron chi connectivity index (χ3n) is 4.33. The van der Waals surface area contributed by atoms with E-state index in [1.54, 1.807) is 0 Å². The van der Waals surface area contributed by atoms with Crippen LogP contribution in [-0.4, -0.2) is 54.4 Å². The number of hydrogen-bond donors (Lipinski definition) is 1. The fourth-order valence-corrected chi connectivity index (χ4v) is 3.17. The van der Waals surface area contributed by atoms with Gasteiger partial charge in [-0.25, -0.2) is 9.48 Å². The summed E-state index contributed by atoms with van der Waals surface area (Å²) in [5.74, 6) is 0.382. The first kappa shape index (κ1) is 14.5. The molecule has 1 N–H and O–H groups in total. The molecular formula is C14H22N4O3. The van der Waals surface area contributed by atoms with Crippen molar-refractivity contribution in [3.63, 3.8) is 0 Å². The van der Waals surface area contributed by atoms with Gasteiger partial charge in [-0.2, -0.15) is 0 Å². The number of carbonyl (C=O) groups excluding carboxylic acids is 1. The average molecular weight is 294 g/mol. The highest BCUT2D eigenvalue weighted by molar-refractivity contribution is 5.88. The zero-order chi connectivity index (χ0) is 14.7. The molecule has 0 bridgehead atoms. The Morgan fingerprint density at radius 3 is 2.90 bits per heavy atom. The Morgan fingerprint density at radius 2 is 2.24 bits per heavy atom. The predicted molar refractivity (Wildman–Crippen MR) is 75.1 cm³/mol. The van der Waals surface area contributed by atoms with E-state index < -0.39 is 5.97 Å². The molecule has 3 rings (SSSR count). The summed E-state index contributed by atoms with van der Waals surface area (Å²) in [6, 6.07) is 0. The molecule has 0 saturated carbocycles. The molecule has 1 aromatic heterocycles. The van der Waals surface area contributed by atoms with Crippen molar-refractivity contribution in [2.45, 2.75) is 31.7 Å². The Hall–Kier alpha value is -1.47. The monoisotopic (exact) mass is 294 g/mol. The molecule has 2 aliphatic rings. The van der Waals surface area contributed by atoms with E-state index in [1.807, 2.05) is 4.68 Å². The van der Waals surface area contributed by atoms with Crippen molar-refractivity contribution in [1.82, 2.24) is 20.3 Å². The molecule has 0 aliphatic carbocycles. The summed E-state index contributed by atoms with van der Waals surface area (Å²) in [6.45, 7) is 4.26. The standard InChI is InChI=1S/C14H22N4O3/c1-20-14(19)12-13(11-2-5-15-6-3-11)18(17-16-12)8-10-4-7-21-9-10/h10-11,15H,2-9H2,1H3. The first-order valence-corrected chi connectivity index (χ1v) is 7.59. The summed E-state index contributed by atoms with van der Waals surface area (Å²) in [5.41, 5.74) is 1.32. The third kappa shape index (κ3) is 3.08. The van der Waals surface area contributed by atoms with Crippen molar-refractivity contribution < 1.29 is 14.3 Å². The molecule has 7 nitrogen and oxygen atoms in total. The molecule has 7 heteroatoms. The van der Waals surface area contributed by atoms with E-state index in [1.165, 1.54) is 7.11 Å². The number of esters is 1. The molecule has 1 aromatic rings. The Labute approximate surface area is 124 Å². The number of hydrogen-bond acceptors (Lipinski definition) is 6. The van der Waals surface area contributed by atoms with Crippen molar-refractivity contribution in [2.24, 2.45) is 5.92 Å². The maximum Gasteiger partial charge on any atom is 0.360 e. The molecule has 1 atom stereocenters. The number of methoxy groups -OCH3 is 1. The molecule has 2 fully saturated rings. The van der Waals surface area contributed by atoms with Gasteiger partial charge in [0.15, 0.2) is 5.69 Å². The highest BCUT2D eigenvalue weighted by atomic mass is 16.5. The van der Waals surface area contributed by atoms with Crippen LogP contribution in [0.4, 0.5) is 0 Å². The lowest BCUT2D eigenvalue weighted by Crippen LogP contribution is -2.29. The van der Waals surface area contributed by atoms with Crippen LogP contribution in [0.1, 0.15) is 41.4 Å². The number of nitrogens with one attached hydrogen (secondary N) is 1. The topological polar surface area (TPSA) is 78.3 Å². The molecule has 0 amide bonds. The molecule has 2 aliphatic heterocycles. The lowest BCUT2D eigenvalue weighted by molar-refractivity contribution is 0.0591. The predicted octanol–water partition coefficient (Wildman–Crippen LogP) is 0.568. The van der Waals surface area contributed by atoms with Crippen LogP contribution in [0.25, 0.3) is 0 Å². The van der Waals surface area contributed by atoms with Crippen LogP contribution in [0.2, 0.25) is 0 Å². The van der Waals surface area contributed by atoms with Crippen molar-refractivity contribution >= 4 is 5.97 Å². The van der Waals surface area contributed by atoms with Crippen LogP contribution in [0.5, 0.6) is 0 Å². The fourth-order valence-electron chi connectivity index (χ4n) is 3.17. The van der Waals surface area contributed by atoms with Crippen LogP contribution >= 0.6 is 0 Å². The van der Waals surface area contributed by atoms with E-state index in [0.29, 0.717) is 17.5 Å². The van der Waals surface area contributed by atoms with Crippen molar-refractivity contribution in [2.75, 3.05) is 33.4 Å². The van der Waals surface area contributed by atoms with Crippen LogP contribution in [-0.2, 0) is 16.0 Å². The van der Waals surface area contributed by atoms with Gasteiger partial charge >= 0.3 is 5.97 Å². The molecule has 21 heavy (non-hydrogen) atoms. The summed E-state index contributed by atoms with van der Waals surface area (Å²) in [7, 11) is 1.39. The number of ether oxygens (including phenoxy) is 2. The lowest BCUT2D eigenvalue weighted by atomic mass is 9.92. The summed E-state index contributed by atoms with van der Waals surface area (Å²) >= 11 is 0. The maximum atomic E-state index is 11.9. The molecular weight excluding hydrogens is 272 g/mol. The average Bonchev–Trinajstić information content (AvgIpc) is 3.17. The number of aromatic nitrogens is 3. The van der Waals surface area contributed by atoms with E-state index in [9.17, 15) is 4.79 Å². The molecule has 1 unspecified atom stereocenters. The second kappa shape index (κ2) is 6.53.